The van der Waals surface area contributed by atoms with Crippen molar-refractivity contribution in [3.63, 3.8) is 0 Å². The average Bonchev–Trinajstić information content (AvgIpc) is 2.14. The van der Waals surface area contributed by atoms with Crippen LogP contribution >= 0.6 is 0 Å². The van der Waals surface area contributed by atoms with Crippen LogP contribution in [0.3, 0.4) is 0 Å². The van der Waals surface area contributed by atoms with Gasteiger partial charge in [-0.2, -0.15) is 0 Å². The van der Waals surface area contributed by atoms with Gasteiger partial charge in [-0.15, -0.1) is 0 Å². The molecule has 0 unspecified atom stereocenters. The van der Waals surface area contributed by atoms with Gasteiger partial charge in [0, 0.05) is 5.41 Å². The molecule has 0 bridgehead atoms. The Morgan fingerprint density at radius 2 is 1.85 bits per heavy atom. The quantitative estimate of drug-likeness (QED) is 0.516. The van der Waals surface area contributed by atoms with E-state index in [1.165, 1.54) is 5.56 Å². The van der Waals surface area contributed by atoms with Gasteiger partial charge in [0.25, 0.3) is 0 Å². The van der Waals surface area contributed by atoms with Gasteiger partial charge in [0.05, 0.1) is 5.71 Å². The highest BCUT2D eigenvalue weighted by atomic mass is 16.4. The van der Waals surface area contributed by atoms with Crippen LogP contribution in [0.15, 0.2) is 35.5 Å². The summed E-state index contributed by atoms with van der Waals surface area (Å²) < 4.78 is 0. The molecule has 0 saturated heterocycles. The van der Waals surface area contributed by atoms with Crippen molar-refractivity contribution in [2.24, 2.45) is 5.16 Å². The largest absolute Gasteiger partial charge is 0.411 e. The molecule has 0 radical (unpaired) electrons. The van der Waals surface area contributed by atoms with Crippen molar-refractivity contribution in [1.82, 2.24) is 0 Å². The summed E-state index contributed by atoms with van der Waals surface area (Å²) in [5.41, 5.74) is 2.44. The molecule has 1 fully saturated rings. The van der Waals surface area contributed by atoms with Crippen LogP contribution in [0.1, 0.15) is 25.3 Å². The third-order valence-electron chi connectivity index (χ3n) is 2.80. The lowest BCUT2D eigenvalue weighted by Gasteiger charge is -2.39. The SMILES string of the molecule is CC1(c2ccccc2)CC(=NO)C1. The molecule has 0 aromatic heterocycles. The summed E-state index contributed by atoms with van der Waals surface area (Å²) in [6.45, 7) is 2.21. The molecule has 0 spiro atoms. The summed E-state index contributed by atoms with van der Waals surface area (Å²) in [5.74, 6) is 0. The average molecular weight is 175 g/mol. The van der Waals surface area contributed by atoms with E-state index in [-0.39, 0.29) is 5.41 Å². The normalized spacial score (nSPS) is 26.7. The molecule has 2 nitrogen and oxygen atoms in total. The summed E-state index contributed by atoms with van der Waals surface area (Å²) in [6, 6.07) is 10.4. The van der Waals surface area contributed by atoms with Crippen LogP contribution in [0.2, 0.25) is 0 Å². The molecule has 0 aliphatic heterocycles. The highest BCUT2D eigenvalue weighted by Gasteiger charge is 2.39. The van der Waals surface area contributed by atoms with Crippen LogP contribution in [0.4, 0.5) is 0 Å². The number of rotatable bonds is 1. The van der Waals surface area contributed by atoms with Gasteiger partial charge in [-0.3, -0.25) is 0 Å². The highest BCUT2D eigenvalue weighted by molar-refractivity contribution is 5.92. The molecule has 1 aromatic carbocycles. The number of oxime groups is 1. The van der Waals surface area contributed by atoms with Crippen molar-refractivity contribution in [3.05, 3.63) is 35.9 Å². The fourth-order valence-electron chi connectivity index (χ4n) is 1.96. The molecule has 1 N–H and O–H groups in total. The maximum absolute atomic E-state index is 8.55. The Bertz CT molecular complexity index is 321. The third-order valence-corrected chi connectivity index (χ3v) is 2.80. The van der Waals surface area contributed by atoms with Crippen LogP contribution in [-0.4, -0.2) is 10.9 Å². The zero-order valence-corrected chi connectivity index (χ0v) is 7.70. The van der Waals surface area contributed by atoms with E-state index >= 15 is 0 Å². The van der Waals surface area contributed by atoms with Gasteiger partial charge in [-0.05, 0) is 18.4 Å². The summed E-state index contributed by atoms with van der Waals surface area (Å²) in [5, 5.41) is 11.8. The zero-order valence-electron chi connectivity index (χ0n) is 7.70. The molecule has 1 aromatic rings. The summed E-state index contributed by atoms with van der Waals surface area (Å²) in [7, 11) is 0. The Morgan fingerprint density at radius 1 is 1.23 bits per heavy atom. The van der Waals surface area contributed by atoms with Gasteiger partial charge in [-0.25, -0.2) is 0 Å². The first-order valence-corrected chi connectivity index (χ1v) is 4.50. The van der Waals surface area contributed by atoms with Gasteiger partial charge in [-0.1, -0.05) is 42.4 Å². The smallest absolute Gasteiger partial charge is 0.0588 e. The van der Waals surface area contributed by atoms with E-state index < -0.39 is 0 Å². The first-order chi connectivity index (χ1) is 6.24. The predicted molar refractivity (Wildman–Crippen MR) is 52.2 cm³/mol. The Morgan fingerprint density at radius 3 is 2.38 bits per heavy atom. The lowest BCUT2D eigenvalue weighted by molar-refractivity contribution is 0.300. The molecule has 13 heavy (non-hydrogen) atoms. The summed E-state index contributed by atoms with van der Waals surface area (Å²) in [4.78, 5) is 0. The predicted octanol–water partition coefficient (Wildman–Crippen LogP) is 2.57. The number of hydrogen-bond acceptors (Lipinski definition) is 2. The molecule has 1 aliphatic carbocycles. The second kappa shape index (κ2) is 2.87. The van der Waals surface area contributed by atoms with Crippen molar-refractivity contribution in [3.8, 4) is 0 Å². The molecule has 2 heteroatoms. The molecular formula is C11H13NO. The number of benzene rings is 1. The van der Waals surface area contributed by atoms with Gasteiger partial charge in [0.15, 0.2) is 0 Å². The van der Waals surface area contributed by atoms with Crippen molar-refractivity contribution >= 4 is 5.71 Å². The lowest BCUT2D eigenvalue weighted by Crippen LogP contribution is -2.38. The Kier molecular flexibility index (Phi) is 1.83. The lowest BCUT2D eigenvalue weighted by atomic mass is 9.65. The van der Waals surface area contributed by atoms with Crippen LogP contribution in [0.5, 0.6) is 0 Å². The fraction of sp³-hybridized carbons (Fsp3) is 0.364. The second-order valence-corrected chi connectivity index (χ2v) is 3.95. The molecule has 0 atom stereocenters. The molecule has 2 rings (SSSR count). The van der Waals surface area contributed by atoms with E-state index in [9.17, 15) is 0 Å². The Hall–Kier alpha value is -1.31. The van der Waals surface area contributed by atoms with E-state index in [1.54, 1.807) is 0 Å². The molecule has 0 amide bonds. The van der Waals surface area contributed by atoms with Crippen LogP contribution < -0.4 is 0 Å². The van der Waals surface area contributed by atoms with Crippen LogP contribution in [0.25, 0.3) is 0 Å². The first kappa shape index (κ1) is 8.30. The van der Waals surface area contributed by atoms with E-state index in [0.29, 0.717) is 0 Å². The standard InChI is InChI=1S/C11H13NO/c1-11(7-10(8-11)12-13)9-5-3-2-4-6-9/h2-6,13H,7-8H2,1H3. The fourth-order valence-corrected chi connectivity index (χ4v) is 1.96. The van der Waals surface area contributed by atoms with E-state index in [2.05, 4.69) is 36.3 Å². The Balaban J connectivity index is 2.20. The van der Waals surface area contributed by atoms with Crippen LogP contribution in [-0.2, 0) is 5.41 Å². The van der Waals surface area contributed by atoms with E-state index in [4.69, 9.17) is 5.21 Å². The van der Waals surface area contributed by atoms with Crippen molar-refractivity contribution in [1.29, 1.82) is 0 Å². The minimum absolute atomic E-state index is 0.197. The summed E-state index contributed by atoms with van der Waals surface area (Å²) in [6.07, 6.45) is 1.76. The molecule has 1 aliphatic rings. The number of hydrogen-bond donors (Lipinski definition) is 1. The highest BCUT2D eigenvalue weighted by Crippen LogP contribution is 2.41. The third kappa shape index (κ3) is 1.32. The van der Waals surface area contributed by atoms with Crippen molar-refractivity contribution in [2.75, 3.05) is 0 Å². The van der Waals surface area contributed by atoms with Crippen LogP contribution in [0, 0.1) is 0 Å². The van der Waals surface area contributed by atoms with Gasteiger partial charge >= 0.3 is 0 Å². The maximum Gasteiger partial charge on any atom is 0.0588 e. The number of nitrogens with zero attached hydrogens (tertiary/aromatic N) is 1. The molecular weight excluding hydrogens is 162 g/mol. The van der Waals surface area contributed by atoms with Gasteiger partial charge < -0.3 is 5.21 Å². The minimum Gasteiger partial charge on any atom is -0.411 e. The summed E-state index contributed by atoms with van der Waals surface area (Å²) >= 11 is 0. The second-order valence-electron chi connectivity index (χ2n) is 3.95. The van der Waals surface area contributed by atoms with E-state index in [1.807, 2.05) is 6.07 Å². The minimum atomic E-state index is 0.197. The molecule has 0 heterocycles. The first-order valence-electron chi connectivity index (χ1n) is 4.50. The zero-order chi connectivity index (χ0) is 9.31. The Labute approximate surface area is 77.9 Å². The topological polar surface area (TPSA) is 32.6 Å². The van der Waals surface area contributed by atoms with Gasteiger partial charge in [0.1, 0.15) is 0 Å². The monoisotopic (exact) mass is 175 g/mol. The molecule has 1 saturated carbocycles. The molecule has 68 valence electrons. The van der Waals surface area contributed by atoms with Crippen molar-refractivity contribution < 1.29 is 5.21 Å². The maximum atomic E-state index is 8.55. The van der Waals surface area contributed by atoms with Gasteiger partial charge in [0.2, 0.25) is 0 Å². The van der Waals surface area contributed by atoms with E-state index in [0.717, 1.165) is 18.6 Å². The van der Waals surface area contributed by atoms with Crippen molar-refractivity contribution in [2.45, 2.75) is 25.2 Å².